The fraction of sp³-hybridized carbons (Fsp3) is 0.423. The molecule has 1 amide bonds. The van der Waals surface area contributed by atoms with Gasteiger partial charge in [0.15, 0.2) is 5.16 Å². The van der Waals surface area contributed by atoms with Crippen LogP contribution in [0.25, 0.3) is 0 Å². The van der Waals surface area contributed by atoms with Gasteiger partial charge in [-0.25, -0.2) is 0 Å². The molecule has 0 N–H and O–H groups in total. The first-order valence-corrected chi connectivity index (χ1v) is 12.9. The number of hydrogen-bond donors (Lipinski definition) is 0. The van der Waals surface area contributed by atoms with Gasteiger partial charge >= 0.3 is 0 Å². The first-order valence-electron chi connectivity index (χ1n) is 11.9. The molecule has 5 rings (SSSR count). The van der Waals surface area contributed by atoms with Crippen molar-refractivity contribution in [3.63, 3.8) is 0 Å². The summed E-state index contributed by atoms with van der Waals surface area (Å²) in [7, 11) is 0. The lowest BCUT2D eigenvalue weighted by Gasteiger charge is -2.35. The Hall–Kier alpha value is -2.64. The third-order valence-corrected chi connectivity index (χ3v) is 7.61. The van der Waals surface area contributed by atoms with Gasteiger partial charge in [-0.3, -0.25) is 9.69 Å². The number of para-hydroxylation sites is 1. The van der Waals surface area contributed by atoms with Crippen molar-refractivity contribution in [2.24, 2.45) is 0 Å². The molecule has 0 bridgehead atoms. The number of anilines is 1. The lowest BCUT2D eigenvalue weighted by molar-refractivity contribution is -0.116. The third-order valence-electron chi connectivity index (χ3n) is 6.66. The van der Waals surface area contributed by atoms with Crippen LogP contribution in [0.2, 0.25) is 0 Å². The van der Waals surface area contributed by atoms with Crippen molar-refractivity contribution in [3.05, 3.63) is 71.5 Å². The number of thioether (sulfide) groups is 1. The van der Waals surface area contributed by atoms with Crippen molar-refractivity contribution in [2.45, 2.75) is 56.9 Å². The van der Waals surface area contributed by atoms with Crippen LogP contribution in [-0.2, 0) is 24.3 Å². The second-order valence-electron chi connectivity index (χ2n) is 9.02. The highest BCUT2D eigenvalue weighted by Crippen LogP contribution is 2.31. The summed E-state index contributed by atoms with van der Waals surface area (Å²) in [6.45, 7) is 5.91. The average molecular weight is 462 g/mol. The fourth-order valence-corrected chi connectivity index (χ4v) is 5.69. The van der Waals surface area contributed by atoms with Crippen LogP contribution in [0.5, 0.6) is 0 Å². The Morgan fingerprint density at radius 3 is 2.58 bits per heavy atom. The van der Waals surface area contributed by atoms with E-state index in [2.05, 4.69) is 69.1 Å². The zero-order valence-corrected chi connectivity index (χ0v) is 20.0. The minimum absolute atomic E-state index is 0.134. The molecule has 0 aliphatic carbocycles. The van der Waals surface area contributed by atoms with E-state index in [4.69, 9.17) is 0 Å². The third kappa shape index (κ3) is 4.99. The van der Waals surface area contributed by atoms with Gasteiger partial charge in [0.25, 0.3) is 0 Å². The Balaban J connectivity index is 1.34. The van der Waals surface area contributed by atoms with E-state index in [1.54, 1.807) is 0 Å². The number of aryl methyl sites for hydroxylation is 1. The van der Waals surface area contributed by atoms with Gasteiger partial charge in [0.05, 0.1) is 18.8 Å². The number of aromatic nitrogens is 3. The maximum atomic E-state index is 13.3. The zero-order chi connectivity index (χ0) is 22.6. The van der Waals surface area contributed by atoms with E-state index in [0.29, 0.717) is 5.75 Å². The Morgan fingerprint density at radius 1 is 1.00 bits per heavy atom. The molecule has 3 heterocycles. The van der Waals surface area contributed by atoms with Crippen LogP contribution in [0.1, 0.15) is 43.1 Å². The van der Waals surface area contributed by atoms with Crippen molar-refractivity contribution >= 4 is 23.4 Å². The van der Waals surface area contributed by atoms with E-state index in [1.807, 2.05) is 17.0 Å². The summed E-state index contributed by atoms with van der Waals surface area (Å²) in [5.74, 6) is 1.47. The minimum Gasteiger partial charge on any atom is -0.309 e. The highest BCUT2D eigenvalue weighted by atomic mass is 32.2. The SMILES string of the molecule is CC1CCc2ccccc2N1C(=O)CSc1nnc(CN2CCCC2)n1Cc1ccccc1. The molecule has 1 fully saturated rings. The quantitative estimate of drug-likeness (QED) is 0.489. The van der Waals surface area contributed by atoms with Gasteiger partial charge < -0.3 is 9.47 Å². The maximum Gasteiger partial charge on any atom is 0.237 e. The second kappa shape index (κ2) is 10.1. The van der Waals surface area contributed by atoms with E-state index in [-0.39, 0.29) is 11.9 Å². The maximum absolute atomic E-state index is 13.3. The fourth-order valence-electron chi connectivity index (χ4n) is 4.87. The number of rotatable bonds is 7. The van der Waals surface area contributed by atoms with Gasteiger partial charge in [0, 0.05) is 11.7 Å². The van der Waals surface area contributed by atoms with E-state index >= 15 is 0 Å². The normalized spacial score (nSPS) is 18.5. The Morgan fingerprint density at radius 2 is 1.76 bits per heavy atom. The number of fused-ring (bicyclic) bond motifs is 1. The van der Waals surface area contributed by atoms with Crippen molar-refractivity contribution < 1.29 is 4.79 Å². The van der Waals surface area contributed by atoms with E-state index in [0.717, 1.165) is 55.7 Å². The summed E-state index contributed by atoms with van der Waals surface area (Å²) >= 11 is 1.50. The molecular weight excluding hydrogens is 430 g/mol. The molecule has 0 spiro atoms. The molecule has 2 aromatic carbocycles. The molecule has 1 saturated heterocycles. The van der Waals surface area contributed by atoms with Crippen molar-refractivity contribution in [1.82, 2.24) is 19.7 Å². The van der Waals surface area contributed by atoms with Gasteiger partial charge in [0.2, 0.25) is 5.91 Å². The van der Waals surface area contributed by atoms with Crippen molar-refractivity contribution in [3.8, 4) is 0 Å². The minimum atomic E-state index is 0.134. The molecule has 7 heteroatoms. The van der Waals surface area contributed by atoms with Gasteiger partial charge in [-0.15, -0.1) is 10.2 Å². The van der Waals surface area contributed by atoms with Gasteiger partial charge in [-0.1, -0.05) is 60.3 Å². The number of benzene rings is 2. The number of nitrogens with zero attached hydrogens (tertiary/aromatic N) is 5. The highest BCUT2D eigenvalue weighted by Gasteiger charge is 2.28. The molecule has 2 aliphatic rings. The molecule has 1 aromatic heterocycles. The van der Waals surface area contributed by atoms with E-state index in [9.17, 15) is 4.79 Å². The highest BCUT2D eigenvalue weighted by molar-refractivity contribution is 7.99. The molecule has 6 nitrogen and oxygen atoms in total. The van der Waals surface area contributed by atoms with Gasteiger partial charge in [0.1, 0.15) is 5.82 Å². The van der Waals surface area contributed by atoms with Crippen molar-refractivity contribution in [2.75, 3.05) is 23.7 Å². The molecule has 172 valence electrons. The first-order chi connectivity index (χ1) is 16.2. The molecule has 33 heavy (non-hydrogen) atoms. The van der Waals surface area contributed by atoms with Crippen LogP contribution in [0, 0.1) is 0 Å². The predicted molar refractivity (Wildman–Crippen MR) is 133 cm³/mol. The summed E-state index contributed by atoms with van der Waals surface area (Å²) < 4.78 is 2.19. The molecular formula is C26H31N5OS. The Kier molecular flexibility index (Phi) is 6.78. The summed E-state index contributed by atoms with van der Waals surface area (Å²) in [5.41, 5.74) is 3.53. The van der Waals surface area contributed by atoms with Crippen LogP contribution >= 0.6 is 11.8 Å². The number of amides is 1. The summed E-state index contributed by atoms with van der Waals surface area (Å²) in [4.78, 5) is 17.8. The van der Waals surface area contributed by atoms with Crippen LogP contribution in [0.4, 0.5) is 5.69 Å². The largest absolute Gasteiger partial charge is 0.309 e. The van der Waals surface area contributed by atoms with Crippen LogP contribution < -0.4 is 4.90 Å². The predicted octanol–water partition coefficient (Wildman–Crippen LogP) is 4.38. The second-order valence-corrected chi connectivity index (χ2v) is 9.97. The molecule has 0 saturated carbocycles. The molecule has 2 aliphatic heterocycles. The van der Waals surface area contributed by atoms with Gasteiger partial charge in [-0.2, -0.15) is 0 Å². The monoisotopic (exact) mass is 461 g/mol. The van der Waals surface area contributed by atoms with Crippen LogP contribution in [-0.4, -0.2) is 50.5 Å². The number of hydrogen-bond acceptors (Lipinski definition) is 5. The van der Waals surface area contributed by atoms with Gasteiger partial charge in [-0.05, 0) is 62.9 Å². The first kappa shape index (κ1) is 22.2. The summed E-state index contributed by atoms with van der Waals surface area (Å²) in [6.07, 6.45) is 4.52. The molecule has 1 atom stereocenters. The lowest BCUT2D eigenvalue weighted by Crippen LogP contribution is -2.43. The molecule has 1 unspecified atom stereocenters. The number of carbonyl (C=O) groups excluding carboxylic acids is 1. The summed E-state index contributed by atoms with van der Waals surface area (Å²) in [5, 5.41) is 9.87. The molecule has 0 radical (unpaired) electrons. The average Bonchev–Trinajstić information content (AvgIpc) is 3.49. The summed E-state index contributed by atoms with van der Waals surface area (Å²) in [6, 6.07) is 18.9. The standard InChI is InChI=1S/C26H31N5OS/c1-20-13-14-22-11-5-6-12-23(22)31(20)25(32)19-33-26-28-27-24(18-29-15-7-8-16-29)30(26)17-21-9-3-2-4-10-21/h2-6,9-12,20H,7-8,13-19H2,1H3. The molecule has 3 aromatic rings. The Bertz CT molecular complexity index is 1090. The lowest BCUT2D eigenvalue weighted by atomic mass is 9.97. The zero-order valence-electron chi connectivity index (χ0n) is 19.2. The van der Waals surface area contributed by atoms with Crippen LogP contribution in [0.15, 0.2) is 59.8 Å². The van der Waals surface area contributed by atoms with E-state index < -0.39 is 0 Å². The topological polar surface area (TPSA) is 54.3 Å². The Labute approximate surface area is 200 Å². The number of carbonyl (C=O) groups is 1. The van der Waals surface area contributed by atoms with E-state index in [1.165, 1.54) is 35.7 Å². The van der Waals surface area contributed by atoms with Crippen LogP contribution in [0.3, 0.4) is 0 Å². The smallest absolute Gasteiger partial charge is 0.237 e. The van der Waals surface area contributed by atoms with Crippen molar-refractivity contribution in [1.29, 1.82) is 0 Å². The number of likely N-dealkylation sites (tertiary alicyclic amines) is 1.